The van der Waals surface area contributed by atoms with E-state index < -0.39 is 15.9 Å². The van der Waals surface area contributed by atoms with Gasteiger partial charge in [0.1, 0.15) is 0 Å². The van der Waals surface area contributed by atoms with Crippen molar-refractivity contribution < 1.29 is 13.2 Å². The molecule has 0 radical (unpaired) electrons. The molecule has 8 nitrogen and oxygen atoms in total. The Morgan fingerprint density at radius 1 is 1.06 bits per heavy atom. The third-order valence-corrected chi connectivity index (χ3v) is 8.58. The molecule has 2 heterocycles. The van der Waals surface area contributed by atoms with Crippen LogP contribution >= 0.6 is 11.6 Å². The number of halogens is 1. The number of benzene rings is 2. The van der Waals surface area contributed by atoms with Gasteiger partial charge in [-0.2, -0.15) is 9.40 Å². The molecule has 1 saturated heterocycles. The third-order valence-electron chi connectivity index (χ3n) is 6.49. The Kier molecular flexibility index (Phi) is 6.09. The summed E-state index contributed by atoms with van der Waals surface area (Å²) in [5.74, 6) is -0.423. The quantitative estimate of drug-likeness (QED) is 0.583. The highest BCUT2D eigenvalue weighted by atomic mass is 35.5. The molecule has 1 aliphatic heterocycles. The van der Waals surface area contributed by atoms with Gasteiger partial charge in [-0.05, 0) is 48.2 Å². The molecule has 0 spiro atoms. The number of hydrogen-bond acceptors (Lipinski definition) is 5. The zero-order chi connectivity index (χ0) is 23.9. The smallest absolute Gasteiger partial charge is 0.263 e. The normalized spacial score (nSPS) is 18.6. The van der Waals surface area contributed by atoms with Crippen molar-refractivity contribution in [3.63, 3.8) is 0 Å². The van der Waals surface area contributed by atoms with Gasteiger partial charge in [0, 0.05) is 50.1 Å². The lowest BCUT2D eigenvalue weighted by Crippen LogP contribution is -2.49. The molecule has 10 heteroatoms. The predicted molar refractivity (Wildman–Crippen MR) is 131 cm³/mol. The first-order chi connectivity index (χ1) is 16.3. The van der Waals surface area contributed by atoms with Crippen molar-refractivity contribution in [3.8, 4) is 0 Å². The van der Waals surface area contributed by atoms with Gasteiger partial charge in [-0.1, -0.05) is 35.9 Å². The van der Waals surface area contributed by atoms with E-state index in [1.165, 1.54) is 20.7 Å². The zero-order valence-corrected chi connectivity index (χ0v) is 20.4. The maximum Gasteiger partial charge on any atom is 0.263 e. The summed E-state index contributed by atoms with van der Waals surface area (Å²) in [4.78, 5) is 15.3. The van der Waals surface area contributed by atoms with Crippen molar-refractivity contribution in [2.24, 2.45) is 7.05 Å². The topological polar surface area (TPSA) is 87.5 Å². The molecule has 3 aromatic rings. The lowest BCUT2D eigenvalue weighted by Gasteiger charge is -2.35. The minimum atomic E-state index is -3.93. The largest absolute Gasteiger partial charge is 0.369 e. The molecule has 0 bridgehead atoms. The van der Waals surface area contributed by atoms with E-state index in [-0.39, 0.29) is 16.6 Å². The van der Waals surface area contributed by atoms with Gasteiger partial charge in [-0.15, -0.1) is 0 Å². The highest BCUT2D eigenvalue weighted by Crippen LogP contribution is 2.31. The summed E-state index contributed by atoms with van der Waals surface area (Å²) in [6.45, 7) is 1.68. The maximum atomic E-state index is 13.5. The van der Waals surface area contributed by atoms with Gasteiger partial charge in [0.15, 0.2) is 0 Å². The van der Waals surface area contributed by atoms with E-state index in [1.807, 2.05) is 42.5 Å². The highest BCUT2D eigenvalue weighted by Gasteiger charge is 2.35. The van der Waals surface area contributed by atoms with E-state index >= 15 is 0 Å². The van der Waals surface area contributed by atoms with Crippen molar-refractivity contribution in [2.45, 2.75) is 23.9 Å². The van der Waals surface area contributed by atoms with Crippen LogP contribution in [0.3, 0.4) is 0 Å². The van der Waals surface area contributed by atoms with Crippen LogP contribution in [-0.2, 0) is 23.5 Å². The molecule has 1 aliphatic carbocycles. The van der Waals surface area contributed by atoms with Crippen LogP contribution < -0.4 is 10.2 Å². The standard InChI is InChI=1S/C24H26ClN5O3S/c1-28-16-21(23(31)26-22-11-6-17-4-2-3-5-20(17)22)24(27-28)34(32,33)30-14-12-29(13-15-30)19-9-7-18(25)8-10-19/h2-5,7-10,16,22H,6,11-15H2,1H3,(H,26,31)/t22-/m1/s1. The van der Waals surface area contributed by atoms with Crippen LogP contribution in [0.4, 0.5) is 5.69 Å². The van der Waals surface area contributed by atoms with Crippen LogP contribution in [0.5, 0.6) is 0 Å². The fourth-order valence-corrected chi connectivity index (χ4v) is 6.39. The molecule has 2 aliphatic rings. The monoisotopic (exact) mass is 499 g/mol. The molecule has 1 amide bonds. The predicted octanol–water partition coefficient (Wildman–Crippen LogP) is 3.00. The fourth-order valence-electron chi connectivity index (χ4n) is 4.72. The molecule has 1 N–H and O–H groups in total. The molecular formula is C24H26ClN5O3S. The van der Waals surface area contributed by atoms with E-state index in [2.05, 4.69) is 21.4 Å². The molecule has 34 heavy (non-hydrogen) atoms. The first-order valence-electron chi connectivity index (χ1n) is 11.3. The van der Waals surface area contributed by atoms with Crippen LogP contribution in [0.25, 0.3) is 0 Å². The zero-order valence-electron chi connectivity index (χ0n) is 18.8. The molecule has 1 fully saturated rings. The first-order valence-corrected chi connectivity index (χ1v) is 13.1. The van der Waals surface area contributed by atoms with Gasteiger partial charge in [0.05, 0.1) is 11.6 Å². The fraction of sp³-hybridized carbons (Fsp3) is 0.333. The van der Waals surface area contributed by atoms with E-state index in [9.17, 15) is 13.2 Å². The van der Waals surface area contributed by atoms with Crippen LogP contribution in [0.15, 0.2) is 59.8 Å². The number of carbonyl (C=O) groups excluding carboxylic acids is 1. The Morgan fingerprint density at radius 3 is 2.50 bits per heavy atom. The summed E-state index contributed by atoms with van der Waals surface area (Å²) >= 11 is 5.97. The number of aryl methyl sites for hydroxylation is 2. The number of rotatable bonds is 5. The number of nitrogens with zero attached hydrogens (tertiary/aromatic N) is 4. The summed E-state index contributed by atoms with van der Waals surface area (Å²) < 4.78 is 29.8. The van der Waals surface area contributed by atoms with Crippen LogP contribution in [0, 0.1) is 0 Å². The number of hydrogen-bond donors (Lipinski definition) is 1. The maximum absolute atomic E-state index is 13.5. The van der Waals surface area contributed by atoms with Crippen molar-refractivity contribution in [1.82, 2.24) is 19.4 Å². The molecule has 0 unspecified atom stereocenters. The van der Waals surface area contributed by atoms with Crippen LogP contribution in [-0.4, -0.2) is 54.6 Å². The van der Waals surface area contributed by atoms with Gasteiger partial charge in [-0.25, -0.2) is 8.42 Å². The summed E-state index contributed by atoms with van der Waals surface area (Å²) in [5, 5.41) is 7.66. The van der Waals surface area contributed by atoms with Crippen molar-refractivity contribution in [2.75, 3.05) is 31.1 Å². The van der Waals surface area contributed by atoms with Gasteiger partial charge in [0.25, 0.3) is 15.9 Å². The van der Waals surface area contributed by atoms with Gasteiger partial charge in [-0.3, -0.25) is 9.48 Å². The summed E-state index contributed by atoms with van der Waals surface area (Å²) in [5.41, 5.74) is 3.37. The Morgan fingerprint density at radius 2 is 1.76 bits per heavy atom. The average molecular weight is 500 g/mol. The van der Waals surface area contributed by atoms with Crippen LogP contribution in [0.2, 0.25) is 5.02 Å². The van der Waals surface area contributed by atoms with Gasteiger partial charge in [0.2, 0.25) is 5.03 Å². The lowest BCUT2D eigenvalue weighted by molar-refractivity contribution is 0.0933. The molecule has 5 rings (SSSR count). The summed E-state index contributed by atoms with van der Waals surface area (Å²) in [6, 6.07) is 15.4. The molecule has 0 saturated carbocycles. The number of piperazine rings is 1. The molecule has 2 aromatic carbocycles. The van der Waals surface area contributed by atoms with E-state index in [0.717, 1.165) is 24.1 Å². The minimum Gasteiger partial charge on any atom is -0.369 e. The second-order valence-electron chi connectivity index (χ2n) is 8.65. The number of aromatic nitrogens is 2. The average Bonchev–Trinajstić information content (AvgIpc) is 3.44. The minimum absolute atomic E-state index is 0.0759. The molecular weight excluding hydrogens is 474 g/mol. The van der Waals surface area contributed by atoms with Crippen LogP contribution in [0.1, 0.15) is 33.9 Å². The second-order valence-corrected chi connectivity index (χ2v) is 10.9. The molecule has 1 atom stereocenters. The summed E-state index contributed by atoms with van der Waals surface area (Å²) in [7, 11) is -2.31. The number of amides is 1. The number of carbonyl (C=O) groups is 1. The van der Waals surface area contributed by atoms with Crippen molar-refractivity contribution in [3.05, 3.63) is 76.4 Å². The number of anilines is 1. The number of sulfonamides is 1. The molecule has 1 aromatic heterocycles. The van der Waals surface area contributed by atoms with Crippen molar-refractivity contribution in [1.29, 1.82) is 0 Å². The number of nitrogens with one attached hydrogen (secondary N) is 1. The third kappa shape index (κ3) is 4.31. The Balaban J connectivity index is 1.32. The summed E-state index contributed by atoms with van der Waals surface area (Å²) in [6.07, 6.45) is 3.16. The van der Waals surface area contributed by atoms with E-state index in [0.29, 0.717) is 31.2 Å². The Labute approximate surface area is 204 Å². The van der Waals surface area contributed by atoms with E-state index in [1.54, 1.807) is 7.05 Å². The van der Waals surface area contributed by atoms with E-state index in [4.69, 9.17) is 11.6 Å². The van der Waals surface area contributed by atoms with Gasteiger partial charge < -0.3 is 10.2 Å². The number of fused-ring (bicyclic) bond motifs is 1. The van der Waals surface area contributed by atoms with Gasteiger partial charge >= 0.3 is 0 Å². The second kappa shape index (κ2) is 9.05. The SMILES string of the molecule is Cn1cc(C(=O)N[C@@H]2CCc3ccccc32)c(S(=O)(=O)N2CCN(c3ccc(Cl)cc3)CC2)n1. The van der Waals surface area contributed by atoms with Crippen molar-refractivity contribution >= 4 is 33.2 Å². The molecule has 178 valence electrons. The first kappa shape index (κ1) is 22.9. The Hall–Kier alpha value is -2.88. The lowest BCUT2D eigenvalue weighted by atomic mass is 10.1. The Bertz CT molecular complexity index is 1310. The highest BCUT2D eigenvalue weighted by molar-refractivity contribution is 7.89.